The first-order chi connectivity index (χ1) is 10.6. The Hall–Kier alpha value is -2.36. The number of anilines is 1. The summed E-state index contributed by atoms with van der Waals surface area (Å²) in [7, 11) is 1.72. The molecule has 0 atom stereocenters. The fourth-order valence-corrected chi connectivity index (χ4v) is 2.01. The molecule has 0 bridgehead atoms. The Bertz CT molecular complexity index is 563. The van der Waals surface area contributed by atoms with Crippen LogP contribution in [-0.4, -0.2) is 19.8 Å². The highest BCUT2D eigenvalue weighted by atomic mass is 19.1. The number of allylic oxidation sites excluding steroid dienone is 4. The van der Waals surface area contributed by atoms with Crippen LogP contribution < -0.4 is 10.6 Å². The quantitative estimate of drug-likeness (QED) is 0.433. The topological polar surface area (TPSA) is 36.4 Å². The van der Waals surface area contributed by atoms with Gasteiger partial charge in [-0.3, -0.25) is 4.99 Å². The molecule has 0 radical (unpaired) electrons. The second kappa shape index (κ2) is 9.55. The molecule has 1 rings (SSSR count). The lowest BCUT2D eigenvalue weighted by molar-refractivity contribution is 0.626. The van der Waals surface area contributed by atoms with Crippen LogP contribution in [0.3, 0.4) is 0 Å². The summed E-state index contributed by atoms with van der Waals surface area (Å²) in [4.78, 5) is 4.00. The second-order valence-corrected chi connectivity index (χ2v) is 4.83. The summed E-state index contributed by atoms with van der Waals surface area (Å²) < 4.78 is 14.1. The summed E-state index contributed by atoms with van der Waals surface area (Å²) in [5.74, 6) is -0.248. The molecule has 1 aromatic carbocycles. The van der Waals surface area contributed by atoms with Crippen molar-refractivity contribution < 1.29 is 4.39 Å². The van der Waals surface area contributed by atoms with E-state index >= 15 is 0 Å². The van der Waals surface area contributed by atoms with E-state index in [9.17, 15) is 4.39 Å². The average Bonchev–Trinajstić information content (AvgIpc) is 2.49. The van der Waals surface area contributed by atoms with Gasteiger partial charge in [-0.25, -0.2) is 4.39 Å². The molecule has 0 saturated heterocycles. The van der Waals surface area contributed by atoms with Gasteiger partial charge in [-0.1, -0.05) is 24.3 Å². The molecule has 0 amide bonds. The zero-order chi connectivity index (χ0) is 16.4. The number of rotatable bonds is 8. The lowest BCUT2D eigenvalue weighted by atomic mass is 10.1. The zero-order valence-corrected chi connectivity index (χ0v) is 13.5. The van der Waals surface area contributed by atoms with Crippen molar-refractivity contribution in [3.8, 4) is 0 Å². The van der Waals surface area contributed by atoms with Gasteiger partial charge in [0, 0.05) is 26.4 Å². The number of hydrogen-bond acceptors (Lipinski definition) is 3. The summed E-state index contributed by atoms with van der Waals surface area (Å²) in [6.45, 7) is 8.54. The lowest BCUT2D eigenvalue weighted by Gasteiger charge is -2.12. The van der Waals surface area contributed by atoms with Gasteiger partial charge in [0.2, 0.25) is 0 Å². The van der Waals surface area contributed by atoms with Gasteiger partial charge in [0.15, 0.2) is 0 Å². The van der Waals surface area contributed by atoms with Gasteiger partial charge in [0.05, 0.1) is 11.4 Å². The maximum absolute atomic E-state index is 14.1. The molecular weight excluding hydrogens is 277 g/mol. The van der Waals surface area contributed by atoms with Crippen molar-refractivity contribution in [1.29, 1.82) is 0 Å². The van der Waals surface area contributed by atoms with Crippen LogP contribution in [0.1, 0.15) is 18.1 Å². The largest absolute Gasteiger partial charge is 0.380 e. The summed E-state index contributed by atoms with van der Waals surface area (Å²) >= 11 is 0. The Morgan fingerprint density at radius 1 is 1.41 bits per heavy atom. The van der Waals surface area contributed by atoms with Gasteiger partial charge >= 0.3 is 0 Å². The Labute approximate surface area is 132 Å². The van der Waals surface area contributed by atoms with Gasteiger partial charge in [0.25, 0.3) is 0 Å². The molecule has 2 N–H and O–H groups in total. The molecule has 0 fully saturated rings. The van der Waals surface area contributed by atoms with Crippen molar-refractivity contribution in [2.45, 2.75) is 20.4 Å². The van der Waals surface area contributed by atoms with E-state index in [1.807, 2.05) is 38.1 Å². The van der Waals surface area contributed by atoms with Gasteiger partial charge in [-0.2, -0.15) is 0 Å². The minimum absolute atomic E-state index is 0.248. The Morgan fingerprint density at radius 2 is 2.18 bits per heavy atom. The van der Waals surface area contributed by atoms with Crippen LogP contribution in [0.4, 0.5) is 10.1 Å². The summed E-state index contributed by atoms with van der Waals surface area (Å²) in [6, 6.07) is 3.51. The highest BCUT2D eigenvalue weighted by Gasteiger charge is 2.07. The number of aliphatic imine (C=N–C) groups is 1. The average molecular weight is 301 g/mol. The first-order valence-electron chi connectivity index (χ1n) is 7.25. The fraction of sp³-hybridized carbons (Fsp3) is 0.278. The van der Waals surface area contributed by atoms with E-state index in [0.717, 1.165) is 16.8 Å². The van der Waals surface area contributed by atoms with Gasteiger partial charge in [-0.05, 0) is 37.1 Å². The van der Waals surface area contributed by atoms with E-state index in [-0.39, 0.29) is 5.82 Å². The van der Waals surface area contributed by atoms with Crippen molar-refractivity contribution >= 4 is 11.9 Å². The van der Waals surface area contributed by atoms with Crippen molar-refractivity contribution in [3.63, 3.8) is 0 Å². The zero-order valence-electron chi connectivity index (χ0n) is 13.5. The fourth-order valence-electron chi connectivity index (χ4n) is 2.01. The smallest absolute Gasteiger partial charge is 0.146 e. The van der Waals surface area contributed by atoms with E-state index in [0.29, 0.717) is 18.8 Å². The van der Waals surface area contributed by atoms with E-state index in [4.69, 9.17) is 0 Å². The lowest BCUT2D eigenvalue weighted by Crippen LogP contribution is -2.14. The van der Waals surface area contributed by atoms with Crippen molar-refractivity contribution in [1.82, 2.24) is 5.32 Å². The molecule has 0 unspecified atom stereocenters. The molecule has 118 valence electrons. The third kappa shape index (κ3) is 5.56. The predicted molar refractivity (Wildman–Crippen MR) is 94.0 cm³/mol. The Morgan fingerprint density at radius 3 is 2.77 bits per heavy atom. The molecule has 0 saturated carbocycles. The van der Waals surface area contributed by atoms with Crippen molar-refractivity contribution in [2.75, 3.05) is 18.9 Å². The first kappa shape index (κ1) is 17.7. The molecule has 0 aliphatic heterocycles. The SMILES string of the molecule is C=CCNc1c(C)cc(CNC(/C=N\C)=C/C=C/C)cc1F. The summed E-state index contributed by atoms with van der Waals surface area (Å²) in [6.07, 6.45) is 9.24. The number of hydrogen-bond donors (Lipinski definition) is 2. The molecule has 4 heteroatoms. The maximum atomic E-state index is 14.1. The molecule has 0 aromatic heterocycles. The van der Waals surface area contributed by atoms with E-state index in [1.165, 1.54) is 0 Å². The van der Waals surface area contributed by atoms with Crippen molar-refractivity contribution in [2.24, 2.45) is 4.99 Å². The molecule has 0 spiro atoms. The third-order valence-corrected chi connectivity index (χ3v) is 3.00. The standard InChI is InChI=1S/C18H24FN3/c1-5-7-8-16(13-20-4)22-12-15-10-14(3)18(17(19)11-15)21-9-6-2/h5-8,10-11,13,21-22H,2,9,12H2,1,3-4H3/b7-5+,16-8+,20-13-. The van der Waals surface area contributed by atoms with E-state index < -0.39 is 0 Å². The molecule has 22 heavy (non-hydrogen) atoms. The first-order valence-corrected chi connectivity index (χ1v) is 7.25. The van der Waals surface area contributed by atoms with Crippen LogP contribution in [0.2, 0.25) is 0 Å². The maximum Gasteiger partial charge on any atom is 0.146 e. The Balaban J connectivity index is 2.83. The van der Waals surface area contributed by atoms with Crippen LogP contribution >= 0.6 is 0 Å². The molecule has 0 heterocycles. The van der Waals surface area contributed by atoms with Crippen LogP contribution in [-0.2, 0) is 6.54 Å². The third-order valence-electron chi connectivity index (χ3n) is 3.00. The number of nitrogens with one attached hydrogen (secondary N) is 2. The van der Waals surface area contributed by atoms with E-state index in [2.05, 4.69) is 22.2 Å². The molecule has 0 aliphatic carbocycles. The van der Waals surface area contributed by atoms with Gasteiger partial charge < -0.3 is 10.6 Å². The minimum atomic E-state index is -0.248. The Kier molecular flexibility index (Phi) is 7.68. The normalized spacial score (nSPS) is 12.1. The summed E-state index contributed by atoms with van der Waals surface area (Å²) in [5.41, 5.74) is 3.17. The van der Waals surface area contributed by atoms with Crippen LogP contribution in [0, 0.1) is 12.7 Å². The number of aryl methyl sites for hydroxylation is 1. The monoisotopic (exact) mass is 301 g/mol. The van der Waals surface area contributed by atoms with Gasteiger partial charge in [-0.15, -0.1) is 6.58 Å². The molecule has 1 aromatic rings. The molecule has 3 nitrogen and oxygen atoms in total. The van der Waals surface area contributed by atoms with E-state index in [1.54, 1.807) is 25.4 Å². The molecular formula is C18H24FN3. The van der Waals surface area contributed by atoms with Crippen LogP contribution in [0.25, 0.3) is 0 Å². The summed E-state index contributed by atoms with van der Waals surface area (Å²) in [5, 5.41) is 6.26. The molecule has 0 aliphatic rings. The number of benzene rings is 1. The highest BCUT2D eigenvalue weighted by molar-refractivity contribution is 5.78. The van der Waals surface area contributed by atoms with Crippen LogP contribution in [0.15, 0.2) is 53.7 Å². The second-order valence-electron chi connectivity index (χ2n) is 4.83. The highest BCUT2D eigenvalue weighted by Crippen LogP contribution is 2.21. The van der Waals surface area contributed by atoms with Crippen molar-refractivity contribution in [3.05, 3.63) is 65.7 Å². The van der Waals surface area contributed by atoms with Gasteiger partial charge in [0.1, 0.15) is 5.82 Å². The predicted octanol–water partition coefficient (Wildman–Crippen LogP) is 3.98. The number of halogens is 1. The van der Waals surface area contributed by atoms with Crippen LogP contribution in [0.5, 0.6) is 0 Å². The minimum Gasteiger partial charge on any atom is -0.380 e. The number of nitrogens with zero attached hydrogens (tertiary/aromatic N) is 1.